The number of ether oxygens (including phenoxy) is 1. The zero-order chi connectivity index (χ0) is 12.2. The van der Waals surface area contributed by atoms with Gasteiger partial charge in [0.2, 0.25) is 0 Å². The van der Waals surface area contributed by atoms with E-state index in [4.69, 9.17) is 4.74 Å². The zero-order valence-corrected chi connectivity index (χ0v) is 11.2. The quantitative estimate of drug-likeness (QED) is 0.749. The Balaban J connectivity index is 1.42. The van der Waals surface area contributed by atoms with Crippen LogP contribution in [0, 0.1) is 23.7 Å². The SMILES string of the molecule is O=C(C1CCOC2(CCC2)C1)C1C2CCCCC21. The monoisotopic (exact) mass is 248 g/mol. The van der Waals surface area contributed by atoms with Crippen molar-refractivity contribution in [3.63, 3.8) is 0 Å². The summed E-state index contributed by atoms with van der Waals surface area (Å²) in [5, 5.41) is 0. The number of hydrogen-bond donors (Lipinski definition) is 0. The van der Waals surface area contributed by atoms with Crippen LogP contribution in [0.5, 0.6) is 0 Å². The van der Waals surface area contributed by atoms with Crippen molar-refractivity contribution in [3.05, 3.63) is 0 Å². The van der Waals surface area contributed by atoms with Crippen molar-refractivity contribution in [2.75, 3.05) is 6.61 Å². The second-order valence-corrected chi connectivity index (χ2v) is 7.12. The van der Waals surface area contributed by atoms with E-state index in [1.165, 1.54) is 44.9 Å². The first-order valence-corrected chi connectivity index (χ1v) is 7.97. The smallest absolute Gasteiger partial charge is 0.139 e. The molecule has 0 aromatic rings. The largest absolute Gasteiger partial charge is 0.375 e. The Kier molecular flexibility index (Phi) is 2.58. The first kappa shape index (κ1) is 11.5. The highest BCUT2D eigenvalue weighted by Gasteiger charge is 2.57. The minimum Gasteiger partial charge on any atom is -0.375 e. The Morgan fingerprint density at radius 1 is 1.00 bits per heavy atom. The van der Waals surface area contributed by atoms with Gasteiger partial charge in [0.1, 0.15) is 5.78 Å². The van der Waals surface area contributed by atoms with Gasteiger partial charge in [-0.05, 0) is 56.8 Å². The summed E-state index contributed by atoms with van der Waals surface area (Å²) in [4.78, 5) is 12.7. The van der Waals surface area contributed by atoms with Gasteiger partial charge in [-0.15, -0.1) is 0 Å². The summed E-state index contributed by atoms with van der Waals surface area (Å²) in [7, 11) is 0. The molecule has 4 fully saturated rings. The standard InChI is InChI=1S/C16H24O2/c17-15(14-12-4-1-2-5-13(12)14)11-6-9-18-16(10-11)7-3-8-16/h11-14H,1-10H2. The fraction of sp³-hybridized carbons (Fsp3) is 0.938. The Morgan fingerprint density at radius 2 is 1.72 bits per heavy atom. The summed E-state index contributed by atoms with van der Waals surface area (Å²) >= 11 is 0. The first-order valence-electron chi connectivity index (χ1n) is 7.97. The summed E-state index contributed by atoms with van der Waals surface area (Å²) in [6.45, 7) is 0.832. The van der Waals surface area contributed by atoms with Crippen LogP contribution in [0.25, 0.3) is 0 Å². The van der Waals surface area contributed by atoms with Gasteiger partial charge in [-0.25, -0.2) is 0 Å². The minimum atomic E-state index is 0.138. The van der Waals surface area contributed by atoms with E-state index in [9.17, 15) is 4.79 Å². The normalized spacial score (nSPS) is 45.1. The van der Waals surface area contributed by atoms with Gasteiger partial charge in [-0.1, -0.05) is 12.8 Å². The van der Waals surface area contributed by atoms with Crippen LogP contribution < -0.4 is 0 Å². The van der Waals surface area contributed by atoms with Gasteiger partial charge >= 0.3 is 0 Å². The van der Waals surface area contributed by atoms with E-state index < -0.39 is 0 Å². The highest BCUT2D eigenvalue weighted by atomic mass is 16.5. The van der Waals surface area contributed by atoms with Crippen LogP contribution in [-0.2, 0) is 9.53 Å². The highest BCUT2D eigenvalue weighted by Crippen LogP contribution is 2.57. The Hall–Kier alpha value is -0.370. The molecule has 3 atom stereocenters. The van der Waals surface area contributed by atoms with E-state index in [-0.39, 0.29) is 5.60 Å². The van der Waals surface area contributed by atoms with Crippen molar-refractivity contribution in [1.82, 2.24) is 0 Å². The zero-order valence-electron chi connectivity index (χ0n) is 11.2. The van der Waals surface area contributed by atoms with Crippen LogP contribution in [0.3, 0.4) is 0 Å². The van der Waals surface area contributed by atoms with Crippen LogP contribution in [0.1, 0.15) is 57.8 Å². The molecular weight excluding hydrogens is 224 g/mol. The van der Waals surface area contributed by atoms with Crippen molar-refractivity contribution in [1.29, 1.82) is 0 Å². The van der Waals surface area contributed by atoms with Crippen molar-refractivity contribution in [3.8, 4) is 0 Å². The van der Waals surface area contributed by atoms with Crippen LogP contribution in [0.4, 0.5) is 0 Å². The van der Waals surface area contributed by atoms with E-state index in [0.29, 0.717) is 17.6 Å². The van der Waals surface area contributed by atoms with E-state index >= 15 is 0 Å². The van der Waals surface area contributed by atoms with Gasteiger partial charge in [-0.3, -0.25) is 4.79 Å². The van der Waals surface area contributed by atoms with Gasteiger partial charge in [-0.2, -0.15) is 0 Å². The number of ketones is 1. The molecule has 1 spiro atoms. The molecule has 3 saturated carbocycles. The molecule has 18 heavy (non-hydrogen) atoms. The average Bonchev–Trinajstić information content (AvgIpc) is 3.10. The van der Waals surface area contributed by atoms with Crippen LogP contribution in [0.15, 0.2) is 0 Å². The third-order valence-corrected chi connectivity index (χ3v) is 6.15. The third kappa shape index (κ3) is 1.68. The van der Waals surface area contributed by atoms with E-state index in [2.05, 4.69) is 0 Å². The van der Waals surface area contributed by atoms with Crippen molar-refractivity contribution >= 4 is 5.78 Å². The third-order valence-electron chi connectivity index (χ3n) is 6.15. The molecule has 1 heterocycles. The summed E-state index contributed by atoms with van der Waals surface area (Å²) < 4.78 is 5.95. The molecule has 1 saturated heterocycles. The number of carbonyl (C=O) groups excluding carboxylic acids is 1. The van der Waals surface area contributed by atoms with Crippen LogP contribution in [0.2, 0.25) is 0 Å². The second-order valence-electron chi connectivity index (χ2n) is 7.12. The summed E-state index contributed by atoms with van der Waals surface area (Å²) in [6.07, 6.45) is 11.1. The molecule has 3 aliphatic carbocycles. The van der Waals surface area contributed by atoms with Gasteiger partial charge < -0.3 is 4.74 Å². The lowest BCUT2D eigenvalue weighted by Crippen LogP contribution is -2.47. The van der Waals surface area contributed by atoms with Crippen LogP contribution >= 0.6 is 0 Å². The minimum absolute atomic E-state index is 0.138. The molecule has 0 N–H and O–H groups in total. The molecule has 100 valence electrons. The summed E-state index contributed by atoms with van der Waals surface area (Å²) in [5.74, 6) is 3.00. The maximum atomic E-state index is 12.7. The van der Waals surface area contributed by atoms with Crippen molar-refractivity contribution in [2.24, 2.45) is 23.7 Å². The van der Waals surface area contributed by atoms with E-state index in [0.717, 1.165) is 31.3 Å². The van der Waals surface area contributed by atoms with Gasteiger partial charge in [0.05, 0.1) is 5.60 Å². The fourth-order valence-electron chi connectivity index (χ4n) is 4.88. The molecule has 0 bridgehead atoms. The average molecular weight is 248 g/mol. The van der Waals surface area contributed by atoms with E-state index in [1.54, 1.807) is 0 Å². The topological polar surface area (TPSA) is 26.3 Å². The molecule has 0 aromatic heterocycles. The highest BCUT2D eigenvalue weighted by molar-refractivity contribution is 5.86. The summed E-state index contributed by atoms with van der Waals surface area (Å²) in [5.41, 5.74) is 0.138. The molecule has 2 nitrogen and oxygen atoms in total. The maximum absolute atomic E-state index is 12.7. The first-order chi connectivity index (χ1) is 8.79. The molecule has 0 aromatic carbocycles. The number of hydrogen-bond acceptors (Lipinski definition) is 2. The predicted octanol–water partition coefficient (Wildman–Crippen LogP) is 3.34. The van der Waals surface area contributed by atoms with Gasteiger partial charge in [0.25, 0.3) is 0 Å². The number of Topliss-reactive ketones (excluding diaryl/α,β-unsaturated/α-hetero) is 1. The number of carbonyl (C=O) groups is 1. The molecule has 0 amide bonds. The lowest BCUT2D eigenvalue weighted by atomic mass is 9.70. The lowest BCUT2D eigenvalue weighted by molar-refractivity contribution is -0.156. The molecule has 1 aliphatic heterocycles. The van der Waals surface area contributed by atoms with Crippen molar-refractivity contribution in [2.45, 2.75) is 63.4 Å². The Morgan fingerprint density at radius 3 is 2.33 bits per heavy atom. The predicted molar refractivity (Wildman–Crippen MR) is 69.2 cm³/mol. The van der Waals surface area contributed by atoms with E-state index in [1.807, 2.05) is 0 Å². The lowest BCUT2D eigenvalue weighted by Gasteiger charge is -2.47. The molecule has 3 unspecified atom stereocenters. The van der Waals surface area contributed by atoms with Crippen molar-refractivity contribution < 1.29 is 9.53 Å². The Bertz CT molecular complexity index is 346. The maximum Gasteiger partial charge on any atom is 0.139 e. The molecule has 0 radical (unpaired) electrons. The van der Waals surface area contributed by atoms with Crippen LogP contribution in [-0.4, -0.2) is 18.0 Å². The molecule has 2 heteroatoms. The Labute approximate surface area is 109 Å². The number of fused-ring (bicyclic) bond motifs is 1. The van der Waals surface area contributed by atoms with Gasteiger partial charge in [0.15, 0.2) is 0 Å². The van der Waals surface area contributed by atoms with Gasteiger partial charge in [0, 0.05) is 18.4 Å². The fourth-order valence-corrected chi connectivity index (χ4v) is 4.88. The summed E-state index contributed by atoms with van der Waals surface area (Å²) in [6, 6.07) is 0. The number of rotatable bonds is 2. The molecular formula is C16H24O2. The molecule has 4 aliphatic rings. The second kappa shape index (κ2) is 4.06. The molecule has 4 rings (SSSR count).